The molecule has 2 rings (SSSR count). The smallest absolute Gasteiger partial charge is 0.200 e. The lowest BCUT2D eigenvalue weighted by molar-refractivity contribution is 0.265. The van der Waals surface area contributed by atoms with E-state index in [1.807, 2.05) is 0 Å². The zero-order valence-corrected chi connectivity index (χ0v) is 22.6. The first-order valence-corrected chi connectivity index (χ1v) is 13.8. The predicted molar refractivity (Wildman–Crippen MR) is 130 cm³/mol. The van der Waals surface area contributed by atoms with E-state index in [0.29, 0.717) is 28.8 Å². The summed E-state index contributed by atoms with van der Waals surface area (Å²) < 4.78 is 33.9. The molecule has 0 spiro atoms. The molecule has 1 N–H and O–H groups in total. The van der Waals surface area contributed by atoms with Gasteiger partial charge >= 0.3 is 0 Å². The van der Waals surface area contributed by atoms with Gasteiger partial charge in [-0.3, -0.25) is 0 Å². The van der Waals surface area contributed by atoms with Crippen LogP contribution in [0.25, 0.3) is 0 Å². The fourth-order valence-corrected chi connectivity index (χ4v) is 10.2. The van der Waals surface area contributed by atoms with Gasteiger partial charge in [-0.05, 0) is 64.1 Å². The van der Waals surface area contributed by atoms with Gasteiger partial charge in [-0.15, -0.1) is 0 Å². The number of hydrogen-bond donors (Lipinski definition) is 1. The maximum absolute atomic E-state index is 13.4. The van der Waals surface area contributed by atoms with Crippen LogP contribution < -0.4 is 0 Å². The Morgan fingerprint density at radius 2 is 1.20 bits per heavy atom. The molecule has 0 bridgehead atoms. The summed E-state index contributed by atoms with van der Waals surface area (Å²) in [6.07, 6.45) is 0. The summed E-state index contributed by atoms with van der Waals surface area (Å²) in [5.74, 6) is -0.537. The Balaban J connectivity index is 0.000000375. The van der Waals surface area contributed by atoms with E-state index in [2.05, 4.69) is 73.4 Å². The molecule has 168 valence electrons. The van der Waals surface area contributed by atoms with Crippen LogP contribution >= 0.6 is 31.9 Å². The molecule has 2 nitrogen and oxygen atoms in total. The fraction of sp³-hybridized carbons (Fsp3) is 0.478. The van der Waals surface area contributed by atoms with E-state index in [1.165, 1.54) is 18.2 Å². The molecule has 0 aliphatic carbocycles. The number of aliphatic hydroxyl groups is 1. The fourth-order valence-electron chi connectivity index (χ4n) is 4.02. The average Bonchev–Trinajstić information content (AvgIpc) is 2.66. The zero-order chi connectivity index (χ0) is 23.1. The molecule has 0 atom stereocenters. The van der Waals surface area contributed by atoms with Crippen LogP contribution in [0.3, 0.4) is 0 Å². The molecule has 0 unspecified atom stereocenters. The van der Waals surface area contributed by atoms with E-state index in [9.17, 15) is 8.78 Å². The monoisotopic (exact) mass is 564 g/mol. The van der Waals surface area contributed by atoms with Crippen molar-refractivity contribution in [3.05, 3.63) is 68.1 Å². The van der Waals surface area contributed by atoms with Gasteiger partial charge in [0.15, 0.2) is 0 Å². The van der Waals surface area contributed by atoms with E-state index < -0.39 is 8.32 Å². The molecule has 0 amide bonds. The number of aliphatic hydroxyl groups excluding tert-OH is 1. The first-order chi connectivity index (χ1) is 13.9. The standard InChI is InChI=1S/C16H26BrFOSi.C7H6BrFO/c1-11(2)20(12(3)4,13(5)6)19-10-14-9-15(18)7-8-16(14)17;8-7-2-1-6(9)3-5(7)4-10/h7-9,11-13H,10H2,1-6H3;1-3,10H,4H2. The topological polar surface area (TPSA) is 29.5 Å². The van der Waals surface area contributed by atoms with Crippen LogP contribution in [0.2, 0.25) is 16.6 Å². The van der Waals surface area contributed by atoms with Gasteiger partial charge < -0.3 is 9.53 Å². The Kier molecular flexibility index (Phi) is 11.4. The molecule has 0 aliphatic heterocycles. The van der Waals surface area contributed by atoms with Crippen molar-refractivity contribution in [3.8, 4) is 0 Å². The SMILES string of the molecule is CC(C)[Si](OCc1cc(F)ccc1Br)(C(C)C)C(C)C.OCc1cc(F)ccc1Br. The van der Waals surface area contributed by atoms with Crippen LogP contribution in [0.1, 0.15) is 52.7 Å². The predicted octanol–water partition coefficient (Wildman–Crippen LogP) is 8.36. The molecule has 2 aromatic carbocycles. The highest BCUT2D eigenvalue weighted by Gasteiger charge is 2.45. The van der Waals surface area contributed by atoms with Gasteiger partial charge in [0.1, 0.15) is 11.6 Å². The molecular weight excluding hydrogens is 534 g/mol. The minimum Gasteiger partial charge on any atom is -0.412 e. The Labute approximate surface area is 197 Å². The number of rotatable bonds is 7. The van der Waals surface area contributed by atoms with E-state index in [1.54, 1.807) is 18.2 Å². The Hall–Kier alpha value is -0.603. The summed E-state index contributed by atoms with van der Waals surface area (Å²) in [5, 5.41) is 8.65. The van der Waals surface area contributed by atoms with Crippen LogP contribution in [0.5, 0.6) is 0 Å². The van der Waals surface area contributed by atoms with Crippen LogP contribution in [0.4, 0.5) is 8.78 Å². The molecule has 0 heterocycles. The summed E-state index contributed by atoms with van der Waals surface area (Å²) in [6, 6.07) is 8.97. The quantitative estimate of drug-likeness (QED) is 0.342. The Bertz CT molecular complexity index is 792. The van der Waals surface area contributed by atoms with Gasteiger partial charge in [0.05, 0.1) is 13.2 Å². The van der Waals surface area contributed by atoms with Crippen molar-refractivity contribution in [2.75, 3.05) is 0 Å². The molecule has 0 fully saturated rings. The van der Waals surface area contributed by atoms with Gasteiger partial charge in [-0.1, -0.05) is 73.4 Å². The Morgan fingerprint density at radius 3 is 1.57 bits per heavy atom. The van der Waals surface area contributed by atoms with E-state index in [0.717, 1.165) is 14.5 Å². The normalized spacial score (nSPS) is 11.8. The first-order valence-electron chi connectivity index (χ1n) is 10.1. The number of halogens is 4. The van der Waals surface area contributed by atoms with Crippen LogP contribution in [-0.2, 0) is 17.6 Å². The van der Waals surface area contributed by atoms with Crippen LogP contribution in [0.15, 0.2) is 45.3 Å². The van der Waals surface area contributed by atoms with Crippen molar-refractivity contribution < 1.29 is 18.3 Å². The molecule has 0 radical (unpaired) electrons. The molecule has 0 aliphatic rings. The third kappa shape index (κ3) is 7.23. The lowest BCUT2D eigenvalue weighted by Gasteiger charge is -2.42. The highest BCUT2D eigenvalue weighted by molar-refractivity contribution is 9.10. The summed E-state index contributed by atoms with van der Waals surface area (Å²) in [6.45, 7) is 13.9. The summed E-state index contributed by atoms with van der Waals surface area (Å²) in [4.78, 5) is 0. The van der Waals surface area contributed by atoms with Crippen molar-refractivity contribution in [1.82, 2.24) is 0 Å². The van der Waals surface area contributed by atoms with Crippen molar-refractivity contribution in [2.24, 2.45) is 0 Å². The van der Waals surface area contributed by atoms with Gasteiger partial charge in [0.25, 0.3) is 0 Å². The number of hydrogen-bond acceptors (Lipinski definition) is 2. The lowest BCUT2D eigenvalue weighted by atomic mass is 10.2. The third-order valence-corrected chi connectivity index (χ3v) is 13.0. The minimum absolute atomic E-state index is 0.141. The molecule has 2 aromatic rings. The van der Waals surface area contributed by atoms with Crippen molar-refractivity contribution in [2.45, 2.75) is 71.4 Å². The first kappa shape index (κ1) is 27.4. The minimum atomic E-state index is -1.89. The van der Waals surface area contributed by atoms with Crippen molar-refractivity contribution in [3.63, 3.8) is 0 Å². The molecule has 30 heavy (non-hydrogen) atoms. The largest absolute Gasteiger partial charge is 0.412 e. The van der Waals surface area contributed by atoms with Crippen molar-refractivity contribution in [1.29, 1.82) is 0 Å². The highest BCUT2D eigenvalue weighted by Crippen LogP contribution is 2.43. The van der Waals surface area contributed by atoms with E-state index >= 15 is 0 Å². The van der Waals surface area contributed by atoms with Crippen LogP contribution in [0, 0.1) is 11.6 Å². The summed E-state index contributed by atoms with van der Waals surface area (Å²) in [5.41, 5.74) is 3.07. The highest BCUT2D eigenvalue weighted by atomic mass is 79.9. The third-order valence-electron chi connectivity index (χ3n) is 5.37. The van der Waals surface area contributed by atoms with Crippen LogP contribution in [-0.4, -0.2) is 13.4 Å². The Morgan fingerprint density at radius 1 is 0.800 bits per heavy atom. The number of benzene rings is 2. The maximum Gasteiger partial charge on any atom is 0.200 e. The van der Waals surface area contributed by atoms with E-state index in [-0.39, 0.29) is 18.2 Å². The summed E-state index contributed by atoms with van der Waals surface area (Å²) >= 11 is 6.64. The second-order valence-electron chi connectivity index (χ2n) is 8.24. The molecule has 0 saturated carbocycles. The molecule has 7 heteroatoms. The second kappa shape index (κ2) is 12.4. The molecule has 0 saturated heterocycles. The van der Waals surface area contributed by atoms with Gasteiger partial charge in [-0.25, -0.2) is 8.78 Å². The summed E-state index contributed by atoms with van der Waals surface area (Å²) in [7, 11) is -1.89. The van der Waals surface area contributed by atoms with Gasteiger partial charge in [0.2, 0.25) is 8.32 Å². The zero-order valence-electron chi connectivity index (χ0n) is 18.5. The molecular formula is C23H32Br2F2O2Si. The second-order valence-corrected chi connectivity index (χ2v) is 15.4. The molecule has 0 aromatic heterocycles. The average molecular weight is 566 g/mol. The maximum atomic E-state index is 13.4. The van der Waals surface area contributed by atoms with Gasteiger partial charge in [-0.2, -0.15) is 0 Å². The van der Waals surface area contributed by atoms with Gasteiger partial charge in [0, 0.05) is 8.95 Å². The van der Waals surface area contributed by atoms with Crippen molar-refractivity contribution >= 4 is 40.2 Å². The lowest BCUT2D eigenvalue weighted by Crippen LogP contribution is -2.47. The van der Waals surface area contributed by atoms with E-state index in [4.69, 9.17) is 9.53 Å².